The average Bonchev–Trinajstić information content (AvgIpc) is 2.86. The minimum Gasteiger partial charge on any atom is -0.396 e. The summed E-state index contributed by atoms with van der Waals surface area (Å²) in [6.45, 7) is 6.79. The van der Waals surface area contributed by atoms with Crippen LogP contribution in [0.5, 0.6) is 0 Å². The highest BCUT2D eigenvalue weighted by molar-refractivity contribution is 7.10. The molecule has 1 fully saturated rings. The average molecular weight is 324 g/mol. The molecule has 5 heteroatoms. The smallest absolute Gasteiger partial charge is 0.255 e. The van der Waals surface area contributed by atoms with Crippen LogP contribution in [0, 0.1) is 18.8 Å². The molecule has 1 saturated heterocycles. The molecule has 124 valence electrons. The minimum atomic E-state index is 0.142. The number of piperidine rings is 1. The first-order valence-corrected chi connectivity index (χ1v) is 8.96. The number of thiophene rings is 1. The maximum Gasteiger partial charge on any atom is 0.255 e. The normalized spacial score (nSPS) is 22.4. The summed E-state index contributed by atoms with van der Waals surface area (Å²) in [7, 11) is 4.12. The van der Waals surface area contributed by atoms with Gasteiger partial charge in [0.25, 0.3) is 5.91 Å². The second-order valence-electron chi connectivity index (χ2n) is 6.66. The zero-order valence-electron chi connectivity index (χ0n) is 14.1. The van der Waals surface area contributed by atoms with Crippen LogP contribution in [0.3, 0.4) is 0 Å². The molecule has 1 aromatic rings. The lowest BCUT2D eigenvalue weighted by molar-refractivity contribution is 0.0477. The monoisotopic (exact) mass is 324 g/mol. The van der Waals surface area contributed by atoms with Crippen molar-refractivity contribution in [2.45, 2.75) is 26.7 Å². The van der Waals surface area contributed by atoms with E-state index >= 15 is 0 Å². The van der Waals surface area contributed by atoms with E-state index in [0.717, 1.165) is 31.5 Å². The van der Waals surface area contributed by atoms with Crippen molar-refractivity contribution in [1.82, 2.24) is 9.80 Å². The van der Waals surface area contributed by atoms with Crippen LogP contribution in [0.15, 0.2) is 5.38 Å². The SMILES string of the molecule is CCc1c(C(=O)N2C[C@H](CO)C[C@H](CN(C)C)C2)csc1C. The van der Waals surface area contributed by atoms with Crippen LogP contribution >= 0.6 is 11.3 Å². The topological polar surface area (TPSA) is 43.8 Å². The molecule has 2 rings (SSSR count). The van der Waals surface area contributed by atoms with E-state index in [1.165, 1.54) is 10.4 Å². The Morgan fingerprint density at radius 3 is 2.68 bits per heavy atom. The van der Waals surface area contributed by atoms with Gasteiger partial charge in [0.15, 0.2) is 0 Å². The van der Waals surface area contributed by atoms with Gasteiger partial charge in [0.1, 0.15) is 0 Å². The summed E-state index contributed by atoms with van der Waals surface area (Å²) in [5.74, 6) is 0.783. The van der Waals surface area contributed by atoms with E-state index in [2.05, 4.69) is 32.8 Å². The molecule has 0 saturated carbocycles. The molecule has 0 unspecified atom stereocenters. The van der Waals surface area contributed by atoms with Crippen molar-refractivity contribution in [3.63, 3.8) is 0 Å². The molecular formula is C17H28N2O2S. The molecule has 1 aliphatic heterocycles. The fourth-order valence-electron chi connectivity index (χ4n) is 3.53. The Labute approximate surface area is 137 Å². The van der Waals surface area contributed by atoms with Crippen LogP contribution in [0.4, 0.5) is 0 Å². The molecule has 0 radical (unpaired) electrons. The molecule has 22 heavy (non-hydrogen) atoms. The Balaban J connectivity index is 2.16. The van der Waals surface area contributed by atoms with Crippen molar-refractivity contribution in [1.29, 1.82) is 0 Å². The van der Waals surface area contributed by atoms with Crippen molar-refractivity contribution >= 4 is 17.2 Å². The summed E-state index contributed by atoms with van der Waals surface area (Å²) >= 11 is 1.66. The quantitative estimate of drug-likeness (QED) is 0.903. The van der Waals surface area contributed by atoms with E-state index in [4.69, 9.17) is 0 Å². The number of carbonyl (C=O) groups excluding carboxylic acids is 1. The van der Waals surface area contributed by atoms with Crippen molar-refractivity contribution in [3.8, 4) is 0 Å². The zero-order valence-corrected chi connectivity index (χ0v) is 14.9. The number of aryl methyl sites for hydroxylation is 1. The first-order valence-electron chi connectivity index (χ1n) is 8.08. The lowest BCUT2D eigenvalue weighted by Crippen LogP contribution is -2.47. The van der Waals surface area contributed by atoms with Gasteiger partial charge >= 0.3 is 0 Å². The molecule has 0 spiro atoms. The number of carbonyl (C=O) groups is 1. The number of aliphatic hydroxyl groups is 1. The predicted octanol–water partition coefficient (Wildman–Crippen LogP) is 2.25. The van der Waals surface area contributed by atoms with Crippen LogP contribution in [-0.2, 0) is 6.42 Å². The standard InChI is InChI=1S/C17H28N2O2S/c1-5-15-12(2)22-11-16(15)17(21)19-8-13(7-18(3)4)6-14(9-19)10-20/h11,13-14,20H,5-10H2,1-4H3/t13-,14-/m1/s1. The third kappa shape index (κ3) is 3.89. The molecule has 1 N–H and O–H groups in total. The highest BCUT2D eigenvalue weighted by Crippen LogP contribution is 2.28. The zero-order chi connectivity index (χ0) is 16.3. The fourth-order valence-corrected chi connectivity index (χ4v) is 4.47. The van der Waals surface area contributed by atoms with Gasteiger partial charge in [-0.2, -0.15) is 0 Å². The Kier molecular flexibility index (Phi) is 6.01. The minimum absolute atomic E-state index is 0.142. The molecular weight excluding hydrogens is 296 g/mol. The molecule has 0 aromatic carbocycles. The molecule has 1 amide bonds. The summed E-state index contributed by atoms with van der Waals surface area (Å²) in [5, 5.41) is 11.6. The Hall–Kier alpha value is -0.910. The van der Waals surface area contributed by atoms with E-state index < -0.39 is 0 Å². The summed E-state index contributed by atoms with van der Waals surface area (Å²) in [5.41, 5.74) is 2.05. The molecule has 2 heterocycles. The van der Waals surface area contributed by atoms with Gasteiger partial charge < -0.3 is 14.9 Å². The first-order chi connectivity index (χ1) is 10.5. The third-order valence-corrected chi connectivity index (χ3v) is 5.43. The third-order valence-electron chi connectivity index (χ3n) is 4.48. The maximum absolute atomic E-state index is 12.9. The van der Waals surface area contributed by atoms with Gasteiger partial charge in [0.2, 0.25) is 0 Å². The van der Waals surface area contributed by atoms with E-state index in [1.54, 1.807) is 11.3 Å². The lowest BCUT2D eigenvalue weighted by Gasteiger charge is -2.38. The van der Waals surface area contributed by atoms with Crippen molar-refractivity contribution in [2.75, 3.05) is 40.3 Å². The maximum atomic E-state index is 12.9. The van der Waals surface area contributed by atoms with Gasteiger partial charge in [-0.05, 0) is 51.3 Å². The van der Waals surface area contributed by atoms with Crippen LogP contribution in [0.2, 0.25) is 0 Å². The number of aliphatic hydroxyl groups excluding tert-OH is 1. The van der Waals surface area contributed by atoms with E-state index in [1.807, 2.05) is 10.3 Å². The lowest BCUT2D eigenvalue weighted by atomic mass is 9.88. The molecule has 0 aliphatic carbocycles. The molecule has 1 aliphatic rings. The predicted molar refractivity (Wildman–Crippen MR) is 91.6 cm³/mol. The van der Waals surface area contributed by atoms with Crippen molar-refractivity contribution in [2.24, 2.45) is 11.8 Å². The van der Waals surface area contributed by atoms with Crippen molar-refractivity contribution in [3.05, 3.63) is 21.4 Å². The Morgan fingerprint density at radius 1 is 1.41 bits per heavy atom. The number of hydrogen-bond donors (Lipinski definition) is 1. The number of likely N-dealkylation sites (tertiary alicyclic amines) is 1. The number of hydrogen-bond acceptors (Lipinski definition) is 4. The van der Waals surface area contributed by atoms with Gasteiger partial charge in [-0.25, -0.2) is 0 Å². The van der Waals surface area contributed by atoms with Gasteiger partial charge in [-0.3, -0.25) is 4.79 Å². The number of nitrogens with zero attached hydrogens (tertiary/aromatic N) is 2. The van der Waals surface area contributed by atoms with Crippen LogP contribution < -0.4 is 0 Å². The molecule has 4 nitrogen and oxygen atoms in total. The van der Waals surface area contributed by atoms with Gasteiger partial charge in [-0.1, -0.05) is 6.92 Å². The van der Waals surface area contributed by atoms with Crippen LogP contribution in [0.1, 0.15) is 34.1 Å². The van der Waals surface area contributed by atoms with Gasteiger partial charge in [0, 0.05) is 36.5 Å². The molecule has 0 bridgehead atoms. The Morgan fingerprint density at radius 2 is 2.09 bits per heavy atom. The van der Waals surface area contributed by atoms with E-state index in [0.29, 0.717) is 12.5 Å². The fraction of sp³-hybridized carbons (Fsp3) is 0.706. The number of rotatable bonds is 5. The highest BCUT2D eigenvalue weighted by atomic mass is 32.1. The largest absolute Gasteiger partial charge is 0.396 e. The van der Waals surface area contributed by atoms with Gasteiger partial charge in [0.05, 0.1) is 5.56 Å². The van der Waals surface area contributed by atoms with Crippen molar-refractivity contribution < 1.29 is 9.90 Å². The first kappa shape index (κ1) is 17.4. The second-order valence-corrected chi connectivity index (χ2v) is 7.74. The summed E-state index contributed by atoms with van der Waals surface area (Å²) < 4.78 is 0. The van der Waals surface area contributed by atoms with E-state index in [-0.39, 0.29) is 18.4 Å². The molecule has 2 atom stereocenters. The van der Waals surface area contributed by atoms with Crippen LogP contribution in [-0.4, -0.2) is 61.2 Å². The number of amides is 1. The highest BCUT2D eigenvalue weighted by Gasteiger charge is 2.31. The summed E-state index contributed by atoms with van der Waals surface area (Å²) in [6.07, 6.45) is 1.90. The Bertz CT molecular complexity index is 513. The summed E-state index contributed by atoms with van der Waals surface area (Å²) in [4.78, 5) is 18.3. The van der Waals surface area contributed by atoms with Crippen LogP contribution in [0.25, 0.3) is 0 Å². The molecule has 1 aromatic heterocycles. The second kappa shape index (κ2) is 7.57. The van der Waals surface area contributed by atoms with E-state index in [9.17, 15) is 9.90 Å². The van der Waals surface area contributed by atoms with Gasteiger partial charge in [-0.15, -0.1) is 11.3 Å². The summed E-state index contributed by atoms with van der Waals surface area (Å²) in [6, 6.07) is 0.